The Morgan fingerprint density at radius 2 is 2.29 bits per heavy atom. The molecule has 0 radical (unpaired) electrons. The molecule has 1 heterocycles. The maximum atomic E-state index is 5.78. The lowest BCUT2D eigenvalue weighted by molar-refractivity contribution is 0.137. The van der Waals surface area contributed by atoms with Crippen LogP contribution in [0.1, 0.15) is 27.2 Å². The van der Waals surface area contributed by atoms with E-state index in [4.69, 9.17) is 4.43 Å². The molecule has 0 unspecified atom stereocenters. The molecule has 0 aromatic heterocycles. The topological polar surface area (TPSA) is 24.8 Å². The van der Waals surface area contributed by atoms with E-state index in [9.17, 15) is 0 Å². The van der Waals surface area contributed by atoms with E-state index in [1.54, 1.807) is 0 Å². The highest BCUT2D eigenvalue weighted by molar-refractivity contribution is 6.27. The van der Waals surface area contributed by atoms with E-state index in [2.05, 4.69) is 30.7 Å². The Bertz CT molecular complexity index is 189. The van der Waals surface area contributed by atoms with Gasteiger partial charge in [-0.3, -0.25) is 4.99 Å². The first-order valence-corrected chi connectivity index (χ1v) is 7.04. The Hall–Kier alpha value is -0.353. The van der Waals surface area contributed by atoms with Gasteiger partial charge in [0.15, 0.2) is 9.76 Å². The molecule has 0 amide bonds. The van der Waals surface area contributed by atoms with Gasteiger partial charge in [0.2, 0.25) is 0 Å². The van der Waals surface area contributed by atoms with Gasteiger partial charge in [-0.2, -0.15) is 0 Å². The van der Waals surface area contributed by atoms with E-state index >= 15 is 0 Å². The molecule has 0 fully saturated rings. The van der Waals surface area contributed by atoms with Crippen molar-refractivity contribution in [2.75, 3.05) is 19.6 Å². The average Bonchev–Trinajstić information content (AvgIpc) is 2.54. The van der Waals surface area contributed by atoms with Gasteiger partial charge in [0.1, 0.15) is 0 Å². The lowest BCUT2D eigenvalue weighted by Crippen LogP contribution is -2.23. The van der Waals surface area contributed by atoms with Gasteiger partial charge in [-0.1, -0.05) is 0 Å². The van der Waals surface area contributed by atoms with Gasteiger partial charge in [-0.15, -0.1) is 0 Å². The van der Waals surface area contributed by atoms with Crippen LogP contribution in [0.5, 0.6) is 0 Å². The molecule has 0 saturated heterocycles. The summed E-state index contributed by atoms with van der Waals surface area (Å²) in [5.74, 6) is 0. The Morgan fingerprint density at radius 1 is 1.50 bits per heavy atom. The molecular weight excluding hydrogens is 192 g/mol. The lowest BCUT2D eigenvalue weighted by atomic mass is 10.2. The Kier molecular flexibility index (Phi) is 4.61. The predicted octanol–water partition coefficient (Wildman–Crippen LogP) is 1.04. The molecule has 82 valence electrons. The molecular formula is C10H22N2OSi. The lowest BCUT2D eigenvalue weighted by Gasteiger charge is -2.20. The van der Waals surface area contributed by atoms with E-state index in [0.29, 0.717) is 0 Å². The van der Waals surface area contributed by atoms with Crippen molar-refractivity contribution in [2.24, 2.45) is 4.99 Å². The summed E-state index contributed by atoms with van der Waals surface area (Å²) in [6, 6.07) is 1.28. The second-order valence-electron chi connectivity index (χ2n) is 4.73. The van der Waals surface area contributed by atoms with Crippen LogP contribution in [0, 0.1) is 0 Å². The number of nitrogens with zero attached hydrogens (tertiary/aromatic N) is 2. The van der Waals surface area contributed by atoms with Gasteiger partial charge in [-0.05, 0) is 33.2 Å². The minimum atomic E-state index is -0.302. The van der Waals surface area contributed by atoms with Crippen LogP contribution >= 0.6 is 0 Å². The summed E-state index contributed by atoms with van der Waals surface area (Å²) in [6.07, 6.45) is 3.24. The first kappa shape index (κ1) is 11.7. The van der Waals surface area contributed by atoms with Crippen molar-refractivity contribution in [3.8, 4) is 0 Å². The second kappa shape index (κ2) is 5.51. The third kappa shape index (κ3) is 5.39. The van der Waals surface area contributed by atoms with Crippen molar-refractivity contribution < 1.29 is 4.43 Å². The summed E-state index contributed by atoms with van der Waals surface area (Å²) in [5.41, 5.74) is 0.0708. The Balaban J connectivity index is 1.92. The first-order chi connectivity index (χ1) is 6.58. The summed E-state index contributed by atoms with van der Waals surface area (Å²) < 4.78 is 5.78. The number of aliphatic imine (C=N–C) groups is 1. The van der Waals surface area contributed by atoms with Crippen LogP contribution in [0.15, 0.2) is 4.99 Å². The van der Waals surface area contributed by atoms with Crippen molar-refractivity contribution in [1.29, 1.82) is 0 Å². The smallest absolute Gasteiger partial charge is 0.162 e. The van der Waals surface area contributed by atoms with Crippen molar-refractivity contribution in [2.45, 2.75) is 38.8 Å². The van der Waals surface area contributed by atoms with Crippen LogP contribution in [0.3, 0.4) is 0 Å². The number of hydrogen-bond acceptors (Lipinski definition) is 3. The maximum absolute atomic E-state index is 5.78. The fraction of sp³-hybridized carbons (Fsp3) is 0.900. The normalized spacial score (nSPS) is 17.5. The fourth-order valence-electron chi connectivity index (χ4n) is 1.38. The SMILES string of the molecule is CC(C)(C)O[SiH2]CCCN1C=NCC1. The predicted molar refractivity (Wildman–Crippen MR) is 63.7 cm³/mol. The van der Waals surface area contributed by atoms with Crippen LogP contribution in [-0.2, 0) is 4.43 Å². The Labute approximate surface area is 89.5 Å². The van der Waals surface area contributed by atoms with Crippen LogP contribution in [0.4, 0.5) is 0 Å². The second-order valence-corrected chi connectivity index (χ2v) is 6.13. The highest BCUT2D eigenvalue weighted by atomic mass is 28.2. The first-order valence-electron chi connectivity index (χ1n) is 5.46. The minimum absolute atomic E-state index is 0.0708. The molecule has 1 aliphatic heterocycles. The van der Waals surface area contributed by atoms with Gasteiger partial charge in [0.05, 0.1) is 12.9 Å². The molecule has 0 bridgehead atoms. The van der Waals surface area contributed by atoms with Crippen LogP contribution in [0.25, 0.3) is 0 Å². The van der Waals surface area contributed by atoms with Crippen molar-refractivity contribution >= 4 is 16.1 Å². The largest absolute Gasteiger partial charge is 0.419 e. The van der Waals surface area contributed by atoms with Crippen molar-refractivity contribution in [3.05, 3.63) is 0 Å². The van der Waals surface area contributed by atoms with E-state index in [1.165, 1.54) is 12.5 Å². The maximum Gasteiger partial charge on any atom is 0.162 e. The molecule has 3 nitrogen and oxygen atoms in total. The molecule has 1 rings (SSSR count). The van der Waals surface area contributed by atoms with Gasteiger partial charge in [-0.25, -0.2) is 0 Å². The monoisotopic (exact) mass is 214 g/mol. The summed E-state index contributed by atoms with van der Waals surface area (Å²) in [5, 5.41) is 0. The molecule has 0 aromatic carbocycles. The van der Waals surface area contributed by atoms with E-state index < -0.39 is 0 Å². The molecule has 4 heteroatoms. The molecule has 0 atom stereocenters. The molecule has 0 saturated carbocycles. The number of rotatable bonds is 5. The van der Waals surface area contributed by atoms with E-state index in [0.717, 1.165) is 19.6 Å². The van der Waals surface area contributed by atoms with Gasteiger partial charge in [0.25, 0.3) is 0 Å². The highest BCUT2D eigenvalue weighted by Crippen LogP contribution is 2.07. The zero-order valence-corrected chi connectivity index (χ0v) is 11.0. The molecule has 0 spiro atoms. The quantitative estimate of drug-likeness (QED) is 0.504. The average molecular weight is 214 g/mol. The molecule has 14 heavy (non-hydrogen) atoms. The van der Waals surface area contributed by atoms with Gasteiger partial charge >= 0.3 is 0 Å². The summed E-state index contributed by atoms with van der Waals surface area (Å²) in [7, 11) is -0.302. The highest BCUT2D eigenvalue weighted by Gasteiger charge is 2.09. The number of hydrogen-bond donors (Lipinski definition) is 0. The zero-order chi connectivity index (χ0) is 10.4. The third-order valence-electron chi connectivity index (χ3n) is 2.14. The standard InChI is InChI=1S/C10H22N2OSi/c1-10(2,3)13-14-8-4-6-12-7-5-11-9-12/h9H,4-8,14H2,1-3H3. The zero-order valence-electron chi connectivity index (χ0n) is 9.62. The summed E-state index contributed by atoms with van der Waals surface area (Å²) in [4.78, 5) is 6.48. The molecule has 1 aliphatic rings. The van der Waals surface area contributed by atoms with E-state index in [1.807, 2.05) is 6.34 Å². The van der Waals surface area contributed by atoms with Crippen LogP contribution in [0.2, 0.25) is 6.04 Å². The Morgan fingerprint density at radius 3 is 2.86 bits per heavy atom. The fourth-order valence-corrected chi connectivity index (χ4v) is 2.57. The van der Waals surface area contributed by atoms with Crippen molar-refractivity contribution in [3.63, 3.8) is 0 Å². The molecule has 0 N–H and O–H groups in total. The molecule has 0 aliphatic carbocycles. The minimum Gasteiger partial charge on any atom is -0.419 e. The van der Waals surface area contributed by atoms with E-state index in [-0.39, 0.29) is 15.4 Å². The third-order valence-corrected chi connectivity index (χ3v) is 3.99. The van der Waals surface area contributed by atoms with Crippen LogP contribution < -0.4 is 0 Å². The van der Waals surface area contributed by atoms with Crippen molar-refractivity contribution in [1.82, 2.24) is 4.90 Å². The van der Waals surface area contributed by atoms with Crippen LogP contribution in [-0.4, -0.2) is 46.2 Å². The summed E-state index contributed by atoms with van der Waals surface area (Å²) >= 11 is 0. The van der Waals surface area contributed by atoms with Gasteiger partial charge < -0.3 is 9.33 Å². The summed E-state index contributed by atoms with van der Waals surface area (Å²) in [6.45, 7) is 9.65. The van der Waals surface area contributed by atoms with Gasteiger partial charge in [0, 0.05) is 18.7 Å². The molecule has 0 aromatic rings.